The normalized spacial score (nSPS) is 18.2. The molecule has 1 N–H and O–H groups in total. The summed E-state index contributed by atoms with van der Waals surface area (Å²) >= 11 is 25.6. The van der Waals surface area contributed by atoms with E-state index in [0.717, 1.165) is 33.5 Å². The molecule has 2 heterocycles. The summed E-state index contributed by atoms with van der Waals surface area (Å²) in [5.41, 5.74) is 5.82. The molecule has 0 amide bonds. The Hall–Kier alpha value is -2.34. The van der Waals surface area contributed by atoms with Gasteiger partial charge in [0.2, 0.25) is 10.0 Å². The number of nitrogens with one attached hydrogen (secondary N) is 1. The highest BCUT2D eigenvalue weighted by Crippen LogP contribution is 2.41. The average molecular weight is 796 g/mol. The molecular formula is C37H39Cl4N3O4S2. The minimum absolute atomic E-state index is 0.0285. The van der Waals surface area contributed by atoms with Crippen molar-refractivity contribution in [1.82, 2.24) is 9.62 Å². The molecule has 50 heavy (non-hydrogen) atoms. The van der Waals surface area contributed by atoms with E-state index in [2.05, 4.69) is 14.5 Å². The Morgan fingerprint density at radius 3 is 2.16 bits per heavy atom. The van der Waals surface area contributed by atoms with Crippen LogP contribution >= 0.6 is 46.4 Å². The van der Waals surface area contributed by atoms with Gasteiger partial charge in [0.25, 0.3) is 0 Å². The number of halogens is 4. The first-order valence-electron chi connectivity index (χ1n) is 16.5. The lowest BCUT2D eigenvalue weighted by atomic mass is 9.85. The second-order valence-electron chi connectivity index (χ2n) is 13.3. The van der Waals surface area contributed by atoms with Crippen molar-refractivity contribution in [3.63, 3.8) is 0 Å². The van der Waals surface area contributed by atoms with E-state index >= 15 is 0 Å². The van der Waals surface area contributed by atoms with E-state index in [1.165, 1.54) is 0 Å². The fourth-order valence-corrected chi connectivity index (χ4v) is 10.8. The van der Waals surface area contributed by atoms with Gasteiger partial charge in [0.15, 0.2) is 9.84 Å². The maximum absolute atomic E-state index is 13.4. The number of rotatable bonds is 11. The van der Waals surface area contributed by atoms with E-state index in [1.807, 2.05) is 38.4 Å². The first-order chi connectivity index (χ1) is 23.7. The second-order valence-corrected chi connectivity index (χ2v) is 18.9. The van der Waals surface area contributed by atoms with Crippen molar-refractivity contribution in [2.24, 2.45) is 0 Å². The van der Waals surface area contributed by atoms with Crippen molar-refractivity contribution < 1.29 is 16.8 Å². The summed E-state index contributed by atoms with van der Waals surface area (Å²) in [5, 5.41) is 2.35. The van der Waals surface area contributed by atoms with Crippen molar-refractivity contribution in [2.45, 2.75) is 53.9 Å². The summed E-state index contributed by atoms with van der Waals surface area (Å²) in [6, 6.07) is 21.4. The third-order valence-electron chi connectivity index (χ3n) is 9.63. The molecule has 0 saturated heterocycles. The number of sulfonamides is 1. The van der Waals surface area contributed by atoms with Gasteiger partial charge in [-0.3, -0.25) is 0 Å². The molecule has 4 aromatic rings. The Morgan fingerprint density at radius 1 is 0.740 bits per heavy atom. The summed E-state index contributed by atoms with van der Waals surface area (Å²) in [4.78, 5) is 4.74. The van der Waals surface area contributed by atoms with Crippen LogP contribution in [0.15, 0.2) is 82.6 Å². The number of hydrogen-bond acceptors (Lipinski definition) is 6. The molecule has 0 fully saturated rings. The van der Waals surface area contributed by atoms with Crippen LogP contribution in [0.25, 0.3) is 0 Å². The SMILES string of the molecule is CN1Cc2c(Cl)cc(Cl)cc2C(c2cccc(S(=O)(=O)CCCCCNS(=O)(=O)c3cccc(C4Cc5c(Cl)cc(Cl)cc5N(C)C4)c3)c2)C1. The van der Waals surface area contributed by atoms with E-state index in [9.17, 15) is 16.8 Å². The minimum Gasteiger partial charge on any atom is -0.374 e. The van der Waals surface area contributed by atoms with Crippen LogP contribution in [0.2, 0.25) is 20.1 Å². The zero-order chi connectivity index (χ0) is 35.8. The molecule has 0 spiro atoms. The summed E-state index contributed by atoms with van der Waals surface area (Å²) < 4.78 is 55.9. The number of fused-ring (bicyclic) bond motifs is 2. The highest BCUT2D eigenvalue weighted by atomic mass is 35.5. The van der Waals surface area contributed by atoms with Crippen LogP contribution in [0, 0.1) is 0 Å². The van der Waals surface area contributed by atoms with Crippen LogP contribution in [0.3, 0.4) is 0 Å². The fourth-order valence-electron chi connectivity index (χ4n) is 7.09. The van der Waals surface area contributed by atoms with E-state index in [1.54, 1.807) is 48.5 Å². The zero-order valence-corrected chi connectivity index (χ0v) is 32.5. The molecule has 6 rings (SSSR count). The van der Waals surface area contributed by atoms with Gasteiger partial charge >= 0.3 is 0 Å². The molecule has 0 radical (unpaired) electrons. The van der Waals surface area contributed by atoms with E-state index in [0.29, 0.717) is 65.4 Å². The van der Waals surface area contributed by atoms with Crippen LogP contribution in [-0.2, 0) is 32.8 Å². The molecule has 2 aliphatic rings. The molecule has 0 saturated carbocycles. The quantitative estimate of drug-likeness (QED) is 0.153. The Kier molecular flexibility index (Phi) is 11.5. The molecule has 0 aliphatic carbocycles. The topological polar surface area (TPSA) is 86.8 Å². The summed E-state index contributed by atoms with van der Waals surface area (Å²) in [5.74, 6) is -0.0392. The zero-order valence-electron chi connectivity index (χ0n) is 27.8. The maximum atomic E-state index is 13.4. The molecule has 2 unspecified atom stereocenters. The number of benzene rings is 4. The molecule has 266 valence electrons. The number of anilines is 1. The molecular weight excluding hydrogens is 756 g/mol. The van der Waals surface area contributed by atoms with Crippen molar-refractivity contribution in [3.8, 4) is 0 Å². The van der Waals surface area contributed by atoms with Crippen molar-refractivity contribution in [3.05, 3.63) is 121 Å². The van der Waals surface area contributed by atoms with Gasteiger partial charge in [0, 0.05) is 70.8 Å². The van der Waals surface area contributed by atoms with Crippen LogP contribution in [0.1, 0.15) is 58.9 Å². The molecule has 13 heteroatoms. The third kappa shape index (κ3) is 8.31. The van der Waals surface area contributed by atoms with Gasteiger partial charge in [0.1, 0.15) is 0 Å². The van der Waals surface area contributed by atoms with Gasteiger partial charge in [-0.1, -0.05) is 77.1 Å². The lowest BCUT2D eigenvalue weighted by Crippen LogP contribution is -2.31. The molecule has 2 atom stereocenters. The Bertz CT molecular complexity index is 2130. The second kappa shape index (κ2) is 15.3. The molecule has 0 aromatic heterocycles. The highest BCUT2D eigenvalue weighted by molar-refractivity contribution is 7.91. The molecule has 2 aliphatic heterocycles. The Balaban J connectivity index is 1.03. The maximum Gasteiger partial charge on any atom is 0.240 e. The van der Waals surface area contributed by atoms with Crippen molar-refractivity contribution in [2.75, 3.05) is 44.4 Å². The summed E-state index contributed by atoms with van der Waals surface area (Å²) in [7, 11) is -3.32. The van der Waals surface area contributed by atoms with Gasteiger partial charge in [-0.05, 0) is 103 Å². The molecule has 7 nitrogen and oxygen atoms in total. The number of likely N-dealkylation sites (N-methyl/N-ethyl adjacent to an activating group) is 2. The van der Waals surface area contributed by atoms with Crippen LogP contribution < -0.4 is 9.62 Å². The predicted octanol–water partition coefficient (Wildman–Crippen LogP) is 8.58. The third-order valence-corrected chi connectivity index (χ3v) is 14.0. The summed E-state index contributed by atoms with van der Waals surface area (Å²) in [6.07, 6.45) is 2.15. The smallest absolute Gasteiger partial charge is 0.240 e. The van der Waals surface area contributed by atoms with Gasteiger partial charge in [-0.15, -0.1) is 0 Å². The largest absolute Gasteiger partial charge is 0.374 e. The van der Waals surface area contributed by atoms with Gasteiger partial charge in [-0.25, -0.2) is 21.6 Å². The molecule has 0 bridgehead atoms. The van der Waals surface area contributed by atoms with Gasteiger partial charge in [0.05, 0.1) is 15.5 Å². The van der Waals surface area contributed by atoms with Gasteiger partial charge < -0.3 is 9.80 Å². The highest BCUT2D eigenvalue weighted by Gasteiger charge is 2.29. The van der Waals surface area contributed by atoms with Crippen molar-refractivity contribution >= 4 is 72.0 Å². The van der Waals surface area contributed by atoms with Gasteiger partial charge in [-0.2, -0.15) is 0 Å². The monoisotopic (exact) mass is 793 g/mol. The van der Waals surface area contributed by atoms with Crippen molar-refractivity contribution in [1.29, 1.82) is 0 Å². The number of sulfone groups is 1. The van der Waals surface area contributed by atoms with Crippen LogP contribution in [0.4, 0.5) is 5.69 Å². The van der Waals surface area contributed by atoms with E-state index < -0.39 is 19.9 Å². The van der Waals surface area contributed by atoms with E-state index in [4.69, 9.17) is 46.4 Å². The standard InChI is InChI=1S/C37H39Cl4N3O4S2/c1-43-22-33(31-17-27(38)18-36(41)34(31)23-43)25-9-7-10-29(15-25)49(45,46)13-5-3-4-12-42-50(47,48)30-11-6-8-24(14-30)26-16-32-35(40)19-28(39)20-37(32)44(2)21-26/h6-11,14-15,17-20,26,33,42H,3-5,12-13,16,21-23H2,1-2H3. The minimum atomic E-state index is -3.76. The fraction of sp³-hybridized carbons (Fsp3) is 0.351. The Labute approximate surface area is 315 Å². The van der Waals surface area contributed by atoms with Crippen LogP contribution in [0.5, 0.6) is 0 Å². The molecule has 4 aromatic carbocycles. The summed E-state index contributed by atoms with van der Waals surface area (Å²) in [6.45, 7) is 2.31. The van der Waals surface area contributed by atoms with Crippen LogP contribution in [-0.4, -0.2) is 61.2 Å². The number of nitrogens with zero attached hydrogens (tertiary/aromatic N) is 2. The average Bonchev–Trinajstić information content (AvgIpc) is 3.07. The first-order valence-corrected chi connectivity index (χ1v) is 21.1. The first kappa shape index (κ1) is 37.4. The lowest BCUT2D eigenvalue weighted by molar-refractivity contribution is 0.295. The number of unbranched alkanes of at least 4 members (excludes halogenated alkanes) is 2. The van der Waals surface area contributed by atoms with E-state index in [-0.39, 0.29) is 33.9 Å². The predicted molar refractivity (Wildman–Crippen MR) is 205 cm³/mol. The Morgan fingerprint density at radius 2 is 1.40 bits per heavy atom. The number of hydrogen-bond donors (Lipinski definition) is 1. The lowest BCUT2D eigenvalue weighted by Gasteiger charge is -2.34.